The molecule has 1 aromatic heterocycles. The summed E-state index contributed by atoms with van der Waals surface area (Å²) in [6.45, 7) is 10.4. The van der Waals surface area contributed by atoms with Crippen molar-refractivity contribution in [3.63, 3.8) is 0 Å². The highest BCUT2D eigenvalue weighted by Crippen LogP contribution is 2.10. The summed E-state index contributed by atoms with van der Waals surface area (Å²) in [6.07, 6.45) is 4.13. The van der Waals surface area contributed by atoms with Gasteiger partial charge in [0.2, 0.25) is 5.89 Å². The van der Waals surface area contributed by atoms with Gasteiger partial charge in [-0.15, -0.1) is 24.0 Å². The molecule has 2 N–H and O–H groups in total. The summed E-state index contributed by atoms with van der Waals surface area (Å²) in [6, 6.07) is 0. The van der Waals surface area contributed by atoms with E-state index >= 15 is 0 Å². The van der Waals surface area contributed by atoms with Crippen LogP contribution in [-0.4, -0.2) is 36.2 Å². The van der Waals surface area contributed by atoms with Gasteiger partial charge in [0.1, 0.15) is 0 Å². The quantitative estimate of drug-likeness (QED) is 0.268. The smallest absolute Gasteiger partial charge is 0.226 e. The van der Waals surface area contributed by atoms with Crippen LogP contribution in [0, 0.1) is 5.92 Å². The number of guanidine groups is 1. The summed E-state index contributed by atoms with van der Waals surface area (Å²) in [5, 5.41) is 10.6. The minimum Gasteiger partial charge on any atom is -0.356 e. The van der Waals surface area contributed by atoms with Crippen LogP contribution in [0.2, 0.25) is 0 Å². The second kappa shape index (κ2) is 12.5. The molecule has 1 rings (SSSR count). The van der Waals surface area contributed by atoms with Gasteiger partial charge >= 0.3 is 0 Å². The number of hydrogen-bond donors (Lipinski definition) is 2. The highest BCUT2D eigenvalue weighted by molar-refractivity contribution is 14.0. The fraction of sp³-hybridized carbons (Fsp3) is 0.812. The second-order valence-corrected chi connectivity index (χ2v) is 6.27. The molecule has 0 spiro atoms. The van der Waals surface area contributed by atoms with Crippen LogP contribution >= 0.6 is 24.0 Å². The monoisotopic (exact) mass is 437 g/mol. The Balaban J connectivity index is 0.00000484. The van der Waals surface area contributed by atoms with Crippen molar-refractivity contribution in [3.05, 3.63) is 11.7 Å². The Hall–Kier alpha value is -0.860. The molecule has 0 saturated heterocycles. The van der Waals surface area contributed by atoms with Gasteiger partial charge in [0, 0.05) is 32.5 Å². The van der Waals surface area contributed by atoms with Crippen molar-refractivity contribution in [3.8, 4) is 0 Å². The molecule has 0 atom stereocenters. The van der Waals surface area contributed by atoms with Crippen molar-refractivity contribution < 1.29 is 4.52 Å². The first-order valence-corrected chi connectivity index (χ1v) is 8.30. The Bertz CT molecular complexity index is 445. The van der Waals surface area contributed by atoms with E-state index in [4.69, 9.17) is 4.52 Å². The molecule has 0 unspecified atom stereocenters. The Kier molecular flexibility index (Phi) is 12.1. The van der Waals surface area contributed by atoms with E-state index in [-0.39, 0.29) is 24.0 Å². The van der Waals surface area contributed by atoms with Crippen molar-refractivity contribution in [2.45, 2.75) is 59.3 Å². The zero-order chi connectivity index (χ0) is 16.4. The first-order chi connectivity index (χ1) is 10.5. The zero-order valence-corrected chi connectivity index (χ0v) is 17.4. The van der Waals surface area contributed by atoms with Crippen LogP contribution in [0.4, 0.5) is 0 Å². The Morgan fingerprint density at radius 2 is 1.78 bits per heavy atom. The van der Waals surface area contributed by atoms with E-state index in [1.807, 2.05) is 0 Å². The third kappa shape index (κ3) is 9.78. The molecule has 0 aliphatic rings. The summed E-state index contributed by atoms with van der Waals surface area (Å²) >= 11 is 0. The second-order valence-electron chi connectivity index (χ2n) is 6.27. The Morgan fingerprint density at radius 3 is 2.30 bits per heavy atom. The highest BCUT2D eigenvalue weighted by Gasteiger charge is 2.09. The maximum Gasteiger partial charge on any atom is 0.226 e. The minimum atomic E-state index is 0. The highest BCUT2D eigenvalue weighted by atomic mass is 127. The predicted octanol–water partition coefficient (Wildman–Crippen LogP) is 3.34. The molecule has 0 saturated carbocycles. The molecule has 134 valence electrons. The summed E-state index contributed by atoms with van der Waals surface area (Å²) in [4.78, 5) is 8.59. The number of nitrogens with one attached hydrogen (secondary N) is 2. The number of aryl methyl sites for hydroxylation is 1. The summed E-state index contributed by atoms with van der Waals surface area (Å²) in [7, 11) is 1.80. The minimum absolute atomic E-state index is 0. The molecule has 0 bridgehead atoms. The van der Waals surface area contributed by atoms with E-state index in [9.17, 15) is 0 Å². The van der Waals surface area contributed by atoms with Gasteiger partial charge in [-0.1, -0.05) is 32.9 Å². The zero-order valence-electron chi connectivity index (χ0n) is 15.1. The first-order valence-electron chi connectivity index (χ1n) is 8.30. The molecule has 0 aliphatic carbocycles. The van der Waals surface area contributed by atoms with Crippen molar-refractivity contribution in [2.24, 2.45) is 10.9 Å². The van der Waals surface area contributed by atoms with Crippen molar-refractivity contribution in [2.75, 3.05) is 20.1 Å². The molecular weight excluding hydrogens is 405 g/mol. The van der Waals surface area contributed by atoms with Crippen LogP contribution in [0.3, 0.4) is 0 Å². The molecule has 0 radical (unpaired) electrons. The molecule has 1 aromatic rings. The lowest BCUT2D eigenvalue weighted by Gasteiger charge is -2.12. The van der Waals surface area contributed by atoms with Crippen molar-refractivity contribution >= 4 is 29.9 Å². The van der Waals surface area contributed by atoms with Crippen LogP contribution < -0.4 is 10.6 Å². The van der Waals surface area contributed by atoms with Gasteiger partial charge in [-0.3, -0.25) is 4.99 Å². The van der Waals surface area contributed by atoms with Gasteiger partial charge in [0.15, 0.2) is 11.8 Å². The predicted molar refractivity (Wildman–Crippen MR) is 106 cm³/mol. The number of nitrogens with zero attached hydrogens (tertiary/aromatic N) is 3. The van der Waals surface area contributed by atoms with E-state index < -0.39 is 0 Å². The van der Waals surface area contributed by atoms with Crippen molar-refractivity contribution in [1.82, 2.24) is 20.8 Å². The van der Waals surface area contributed by atoms with Crippen LogP contribution in [-0.2, 0) is 6.42 Å². The average molecular weight is 437 g/mol. The number of rotatable bonds is 9. The van der Waals surface area contributed by atoms with Crippen LogP contribution in [0.1, 0.15) is 64.6 Å². The van der Waals surface area contributed by atoms with Gasteiger partial charge < -0.3 is 15.2 Å². The lowest BCUT2D eigenvalue weighted by atomic mass is 10.1. The molecule has 7 heteroatoms. The molecule has 0 amide bonds. The van der Waals surface area contributed by atoms with Gasteiger partial charge in [-0.05, 0) is 25.2 Å². The van der Waals surface area contributed by atoms with Crippen LogP contribution in [0.15, 0.2) is 9.52 Å². The molecule has 23 heavy (non-hydrogen) atoms. The van der Waals surface area contributed by atoms with E-state index in [0.717, 1.165) is 43.6 Å². The SMILES string of the molecule is CN=C(NCCCc1nc(C(C)C)no1)NCCCC(C)C.I. The number of hydrogen-bond acceptors (Lipinski definition) is 4. The maximum absolute atomic E-state index is 5.23. The molecule has 1 heterocycles. The molecule has 0 aromatic carbocycles. The third-order valence-corrected chi connectivity index (χ3v) is 3.33. The number of halogens is 1. The number of aromatic nitrogens is 2. The average Bonchev–Trinajstić information content (AvgIpc) is 2.94. The van der Waals surface area contributed by atoms with E-state index in [0.29, 0.717) is 11.8 Å². The topological polar surface area (TPSA) is 75.3 Å². The summed E-state index contributed by atoms with van der Waals surface area (Å²) in [5.41, 5.74) is 0. The van der Waals surface area contributed by atoms with Gasteiger partial charge in [0.25, 0.3) is 0 Å². The fourth-order valence-electron chi connectivity index (χ4n) is 1.99. The fourth-order valence-corrected chi connectivity index (χ4v) is 1.99. The van der Waals surface area contributed by atoms with Crippen LogP contribution in [0.5, 0.6) is 0 Å². The lowest BCUT2D eigenvalue weighted by Crippen LogP contribution is -2.38. The van der Waals surface area contributed by atoms with Gasteiger partial charge in [-0.25, -0.2) is 0 Å². The standard InChI is InChI=1S/C16H31N5O.HI/c1-12(2)8-6-10-18-16(17-5)19-11-7-9-14-20-15(13(3)4)21-22-14;/h12-13H,6-11H2,1-5H3,(H2,17,18,19);1H. The molecule has 0 aliphatic heterocycles. The van der Waals surface area contributed by atoms with Gasteiger partial charge in [0.05, 0.1) is 0 Å². The van der Waals surface area contributed by atoms with Crippen molar-refractivity contribution in [1.29, 1.82) is 0 Å². The first kappa shape index (κ1) is 22.1. The summed E-state index contributed by atoms with van der Waals surface area (Å²) in [5.74, 6) is 3.42. The van der Waals surface area contributed by atoms with E-state index in [2.05, 4.69) is 53.5 Å². The van der Waals surface area contributed by atoms with E-state index in [1.54, 1.807) is 7.05 Å². The normalized spacial score (nSPS) is 11.7. The maximum atomic E-state index is 5.23. The Morgan fingerprint density at radius 1 is 1.13 bits per heavy atom. The molecule has 6 nitrogen and oxygen atoms in total. The number of aliphatic imine (C=N–C) groups is 1. The van der Waals surface area contributed by atoms with Gasteiger partial charge in [-0.2, -0.15) is 4.98 Å². The van der Waals surface area contributed by atoms with E-state index in [1.165, 1.54) is 12.8 Å². The Labute approximate surface area is 157 Å². The molecular formula is C16H32IN5O. The largest absolute Gasteiger partial charge is 0.356 e. The summed E-state index contributed by atoms with van der Waals surface area (Å²) < 4.78 is 5.23. The lowest BCUT2D eigenvalue weighted by molar-refractivity contribution is 0.368. The van der Waals surface area contributed by atoms with Crippen LogP contribution in [0.25, 0.3) is 0 Å². The molecule has 0 fully saturated rings. The third-order valence-electron chi connectivity index (χ3n) is 3.33.